The fourth-order valence-corrected chi connectivity index (χ4v) is 2.59. The van der Waals surface area contributed by atoms with Gasteiger partial charge in [0.05, 0.1) is 5.69 Å². The van der Waals surface area contributed by atoms with Crippen LogP contribution in [0.1, 0.15) is 11.1 Å². The highest BCUT2D eigenvalue weighted by Crippen LogP contribution is 2.32. The van der Waals surface area contributed by atoms with E-state index in [1.807, 2.05) is 17.9 Å². The minimum absolute atomic E-state index is 0.166. The molecule has 1 aromatic heterocycles. The number of ether oxygens (including phenoxy) is 1. The summed E-state index contributed by atoms with van der Waals surface area (Å²) >= 11 is 0. The van der Waals surface area contributed by atoms with Crippen molar-refractivity contribution in [1.29, 1.82) is 0 Å². The molecule has 0 atom stereocenters. The van der Waals surface area contributed by atoms with Crippen molar-refractivity contribution in [3.63, 3.8) is 0 Å². The minimum atomic E-state index is -4.70. The first-order valence-corrected chi connectivity index (χ1v) is 7.21. The first kappa shape index (κ1) is 15.5. The molecule has 0 bridgehead atoms. The number of rotatable bonds is 3. The lowest BCUT2D eigenvalue weighted by atomic mass is 10.1. The number of fused-ring (bicyclic) bond motifs is 1. The van der Waals surface area contributed by atoms with Crippen LogP contribution in [0, 0.1) is 6.92 Å². The lowest BCUT2D eigenvalue weighted by Gasteiger charge is -2.32. The quantitative estimate of drug-likeness (QED) is 0.934. The summed E-state index contributed by atoms with van der Waals surface area (Å²) < 4.78 is 41.7. The summed E-state index contributed by atoms with van der Waals surface area (Å²) in [6, 6.07) is 8.19. The summed E-state index contributed by atoms with van der Waals surface area (Å²) in [6.07, 6.45) is -2.94. The smallest absolute Gasteiger partial charge is 0.405 e. The van der Waals surface area contributed by atoms with Crippen molar-refractivity contribution in [2.24, 2.45) is 0 Å². The highest BCUT2D eigenvalue weighted by molar-refractivity contribution is 5.69. The van der Waals surface area contributed by atoms with E-state index in [1.54, 1.807) is 18.3 Å². The maximum Gasteiger partial charge on any atom is 0.573 e. The maximum absolute atomic E-state index is 12.5. The van der Waals surface area contributed by atoms with E-state index in [1.165, 1.54) is 12.1 Å². The maximum atomic E-state index is 12.5. The van der Waals surface area contributed by atoms with Gasteiger partial charge in [-0.1, -0.05) is 18.2 Å². The van der Waals surface area contributed by atoms with Crippen LogP contribution in [0.4, 0.5) is 24.7 Å². The number of para-hydroxylation sites is 1. The van der Waals surface area contributed by atoms with E-state index in [0.29, 0.717) is 25.2 Å². The number of aromatic nitrogens is 1. The number of alkyl halides is 3. The Morgan fingerprint density at radius 2 is 2.09 bits per heavy atom. The van der Waals surface area contributed by atoms with Crippen LogP contribution in [-0.4, -0.2) is 24.4 Å². The molecule has 3 rings (SSSR count). The van der Waals surface area contributed by atoms with Crippen molar-refractivity contribution in [1.82, 2.24) is 4.98 Å². The summed E-state index contributed by atoms with van der Waals surface area (Å²) in [7, 11) is 0. The molecule has 4 nitrogen and oxygen atoms in total. The topological polar surface area (TPSA) is 37.4 Å². The molecule has 0 amide bonds. The zero-order chi connectivity index (χ0) is 16.4. The third-order valence-electron chi connectivity index (χ3n) is 3.58. The molecule has 0 saturated heterocycles. The second-order valence-corrected chi connectivity index (χ2v) is 5.38. The number of nitrogens with one attached hydrogen (secondary N) is 1. The van der Waals surface area contributed by atoms with E-state index in [2.05, 4.69) is 15.0 Å². The lowest BCUT2D eigenvalue weighted by molar-refractivity contribution is -0.274. The zero-order valence-corrected chi connectivity index (χ0v) is 12.5. The first-order chi connectivity index (χ1) is 10.9. The highest BCUT2D eigenvalue weighted by Gasteiger charge is 2.32. The van der Waals surface area contributed by atoms with Crippen LogP contribution in [0.25, 0.3) is 0 Å². The molecule has 23 heavy (non-hydrogen) atoms. The summed E-state index contributed by atoms with van der Waals surface area (Å²) in [5.41, 5.74) is 2.37. The number of anilines is 2. The average molecular weight is 323 g/mol. The second kappa shape index (κ2) is 5.98. The molecule has 0 fully saturated rings. The number of hydrogen-bond donors (Lipinski definition) is 1. The van der Waals surface area contributed by atoms with E-state index >= 15 is 0 Å². The largest absolute Gasteiger partial charge is 0.573 e. The normalized spacial score (nSPS) is 14.2. The Kier molecular flexibility index (Phi) is 4.02. The lowest BCUT2D eigenvalue weighted by Crippen LogP contribution is -2.34. The summed E-state index contributed by atoms with van der Waals surface area (Å²) in [4.78, 5) is 6.33. The standard InChI is InChI=1S/C16H16F3N3O/c1-11-8-13-15(21-9-11)20-6-7-22(13)10-12-4-2-3-5-14(12)23-16(17,18)19/h2-5,8-9H,6-7,10H2,1H3,(H,20,21). The SMILES string of the molecule is Cc1cnc2c(c1)N(Cc1ccccc1OC(F)(F)F)CCN2. The molecule has 0 saturated carbocycles. The Morgan fingerprint density at radius 3 is 2.87 bits per heavy atom. The third kappa shape index (κ3) is 3.67. The van der Waals surface area contributed by atoms with Gasteiger partial charge in [0.1, 0.15) is 11.6 Å². The van der Waals surface area contributed by atoms with Gasteiger partial charge in [0.2, 0.25) is 0 Å². The number of halogens is 3. The predicted octanol–water partition coefficient (Wildman–Crippen LogP) is 3.72. The number of pyridine rings is 1. The molecule has 2 aromatic rings. The summed E-state index contributed by atoms with van der Waals surface area (Å²) in [6.45, 7) is 3.62. The molecule has 0 unspecified atom stereocenters. The molecule has 1 N–H and O–H groups in total. The van der Waals surface area contributed by atoms with Gasteiger partial charge in [0.15, 0.2) is 0 Å². The molecule has 7 heteroatoms. The van der Waals surface area contributed by atoms with Gasteiger partial charge < -0.3 is 15.0 Å². The summed E-state index contributed by atoms with van der Waals surface area (Å²) in [5.74, 6) is 0.580. The fraction of sp³-hybridized carbons (Fsp3) is 0.312. The van der Waals surface area contributed by atoms with Gasteiger partial charge in [-0.25, -0.2) is 4.98 Å². The van der Waals surface area contributed by atoms with Gasteiger partial charge in [-0.05, 0) is 24.6 Å². The van der Waals surface area contributed by atoms with Crippen molar-refractivity contribution in [3.8, 4) is 5.75 Å². The molecule has 1 aromatic carbocycles. The van der Waals surface area contributed by atoms with Crippen molar-refractivity contribution in [2.45, 2.75) is 19.8 Å². The Morgan fingerprint density at radius 1 is 1.30 bits per heavy atom. The molecule has 1 aliphatic rings. The molecule has 2 heterocycles. The van der Waals surface area contributed by atoms with Crippen LogP contribution < -0.4 is 15.0 Å². The monoisotopic (exact) mass is 323 g/mol. The Balaban J connectivity index is 1.88. The number of benzene rings is 1. The molecule has 0 radical (unpaired) electrons. The van der Waals surface area contributed by atoms with Crippen molar-refractivity contribution < 1.29 is 17.9 Å². The highest BCUT2D eigenvalue weighted by atomic mass is 19.4. The number of nitrogens with zero attached hydrogens (tertiary/aromatic N) is 2. The van der Waals surface area contributed by atoms with Crippen molar-refractivity contribution >= 4 is 11.5 Å². The Hall–Kier alpha value is -2.44. The van der Waals surface area contributed by atoms with Gasteiger partial charge in [0.25, 0.3) is 0 Å². The number of hydrogen-bond acceptors (Lipinski definition) is 4. The fourth-order valence-electron chi connectivity index (χ4n) is 2.59. The van der Waals surface area contributed by atoms with E-state index in [-0.39, 0.29) is 5.75 Å². The van der Waals surface area contributed by atoms with Crippen LogP contribution in [0.3, 0.4) is 0 Å². The average Bonchev–Trinajstić information content (AvgIpc) is 2.48. The van der Waals surface area contributed by atoms with E-state index in [4.69, 9.17) is 0 Å². The van der Waals surface area contributed by atoms with Crippen LogP contribution in [0.2, 0.25) is 0 Å². The van der Waals surface area contributed by atoms with Crippen LogP contribution >= 0.6 is 0 Å². The Labute approximate surface area is 131 Å². The molecule has 0 aliphatic carbocycles. The second-order valence-electron chi connectivity index (χ2n) is 5.38. The van der Waals surface area contributed by atoms with Gasteiger partial charge in [-0.3, -0.25) is 0 Å². The van der Waals surface area contributed by atoms with Crippen molar-refractivity contribution in [3.05, 3.63) is 47.7 Å². The van der Waals surface area contributed by atoms with Gasteiger partial charge >= 0.3 is 6.36 Å². The van der Waals surface area contributed by atoms with Crippen LogP contribution in [0.5, 0.6) is 5.75 Å². The molecular weight excluding hydrogens is 307 g/mol. The first-order valence-electron chi connectivity index (χ1n) is 7.21. The minimum Gasteiger partial charge on any atom is -0.405 e. The summed E-state index contributed by atoms with van der Waals surface area (Å²) in [5, 5.41) is 3.19. The molecule has 1 aliphatic heterocycles. The molecular formula is C16H16F3N3O. The van der Waals surface area contributed by atoms with Crippen molar-refractivity contribution in [2.75, 3.05) is 23.3 Å². The Bertz CT molecular complexity index is 703. The van der Waals surface area contributed by atoms with E-state index in [9.17, 15) is 13.2 Å². The van der Waals surface area contributed by atoms with E-state index in [0.717, 1.165) is 17.1 Å². The van der Waals surface area contributed by atoms with Gasteiger partial charge in [-0.15, -0.1) is 13.2 Å². The van der Waals surface area contributed by atoms with Gasteiger partial charge in [-0.2, -0.15) is 0 Å². The third-order valence-corrected chi connectivity index (χ3v) is 3.58. The zero-order valence-electron chi connectivity index (χ0n) is 12.5. The number of aryl methyl sites for hydroxylation is 1. The van der Waals surface area contributed by atoms with Crippen LogP contribution in [0.15, 0.2) is 36.5 Å². The van der Waals surface area contributed by atoms with Gasteiger partial charge in [0, 0.05) is 31.4 Å². The predicted molar refractivity (Wildman–Crippen MR) is 81.6 cm³/mol. The van der Waals surface area contributed by atoms with E-state index < -0.39 is 6.36 Å². The molecule has 122 valence electrons. The molecule has 0 spiro atoms. The van der Waals surface area contributed by atoms with Crippen LogP contribution in [-0.2, 0) is 6.54 Å².